The van der Waals surface area contributed by atoms with Crippen molar-refractivity contribution in [2.75, 3.05) is 32.2 Å². The molecular weight excluding hydrogens is 262 g/mol. The molecule has 0 aromatic carbocycles. The van der Waals surface area contributed by atoms with E-state index in [1.165, 1.54) is 0 Å². The summed E-state index contributed by atoms with van der Waals surface area (Å²) < 4.78 is 9.45. The minimum Gasteiger partial charge on any atom is -0.465 e. The van der Waals surface area contributed by atoms with Crippen molar-refractivity contribution in [1.82, 2.24) is 4.90 Å². The maximum atomic E-state index is 11.6. The highest BCUT2D eigenvalue weighted by Crippen LogP contribution is 1.99. The highest BCUT2D eigenvalue weighted by atomic mass is 35.5. The van der Waals surface area contributed by atoms with Crippen molar-refractivity contribution in [1.29, 1.82) is 0 Å². The second-order valence-corrected chi connectivity index (χ2v) is 3.68. The third-order valence-electron chi connectivity index (χ3n) is 1.91. The van der Waals surface area contributed by atoms with Crippen LogP contribution < -0.4 is 0 Å². The molecule has 7 heteroatoms. The van der Waals surface area contributed by atoms with Gasteiger partial charge in [-0.1, -0.05) is 0 Å². The Labute approximate surface area is 111 Å². The average Bonchev–Trinajstić information content (AvgIpc) is 2.29. The lowest BCUT2D eigenvalue weighted by Crippen LogP contribution is -2.40. The van der Waals surface area contributed by atoms with Gasteiger partial charge in [0.05, 0.1) is 13.2 Å². The molecule has 0 spiro atoms. The minimum atomic E-state index is -0.565. The Morgan fingerprint density at radius 2 is 1.44 bits per heavy atom. The van der Waals surface area contributed by atoms with Crippen molar-refractivity contribution in [2.45, 2.75) is 20.3 Å². The molecule has 104 valence electrons. The molecule has 0 atom stereocenters. The number of esters is 2. The predicted molar refractivity (Wildman–Crippen MR) is 65.2 cm³/mol. The molecule has 0 bridgehead atoms. The van der Waals surface area contributed by atoms with Crippen LogP contribution in [0.25, 0.3) is 0 Å². The number of carbonyl (C=O) groups is 3. The van der Waals surface area contributed by atoms with Gasteiger partial charge < -0.3 is 14.4 Å². The lowest BCUT2D eigenvalue weighted by atomic mass is 10.3. The lowest BCUT2D eigenvalue weighted by Gasteiger charge is -2.20. The summed E-state index contributed by atoms with van der Waals surface area (Å²) in [5, 5.41) is 0. The number of rotatable bonds is 8. The standard InChI is InChI=1S/C11H18ClNO5/c1-3-17-10(15)7-13(9(14)5-6-12)8-11(16)18-4-2/h3-8H2,1-2H3. The molecule has 0 heterocycles. The Morgan fingerprint density at radius 1 is 1.00 bits per heavy atom. The Bertz CT molecular complexity index is 275. The largest absolute Gasteiger partial charge is 0.465 e. The van der Waals surface area contributed by atoms with E-state index < -0.39 is 11.9 Å². The summed E-state index contributed by atoms with van der Waals surface area (Å²) in [6.45, 7) is 3.21. The molecule has 0 saturated carbocycles. The van der Waals surface area contributed by atoms with Gasteiger partial charge in [0, 0.05) is 12.3 Å². The fourth-order valence-corrected chi connectivity index (χ4v) is 1.36. The number of ether oxygens (including phenoxy) is 2. The van der Waals surface area contributed by atoms with Crippen molar-refractivity contribution >= 4 is 29.4 Å². The third-order valence-corrected chi connectivity index (χ3v) is 2.10. The monoisotopic (exact) mass is 279 g/mol. The van der Waals surface area contributed by atoms with Gasteiger partial charge in [-0.3, -0.25) is 14.4 Å². The summed E-state index contributed by atoms with van der Waals surface area (Å²) in [5.74, 6) is -1.39. The van der Waals surface area contributed by atoms with Crippen LogP contribution in [0.2, 0.25) is 0 Å². The third kappa shape index (κ3) is 7.11. The number of hydrogen-bond donors (Lipinski definition) is 0. The zero-order valence-electron chi connectivity index (χ0n) is 10.6. The zero-order chi connectivity index (χ0) is 14.0. The quantitative estimate of drug-likeness (QED) is 0.480. The maximum absolute atomic E-state index is 11.6. The number of halogens is 1. The maximum Gasteiger partial charge on any atom is 0.325 e. The van der Waals surface area contributed by atoms with E-state index in [0.29, 0.717) is 0 Å². The first kappa shape index (κ1) is 16.7. The molecule has 6 nitrogen and oxygen atoms in total. The van der Waals surface area contributed by atoms with Crippen molar-refractivity contribution < 1.29 is 23.9 Å². The van der Waals surface area contributed by atoms with Gasteiger partial charge in [0.2, 0.25) is 5.91 Å². The Morgan fingerprint density at radius 3 is 1.78 bits per heavy atom. The molecule has 0 aromatic heterocycles. The summed E-state index contributed by atoms with van der Waals surface area (Å²) in [6.07, 6.45) is 0.0559. The van der Waals surface area contributed by atoms with E-state index in [0.717, 1.165) is 4.90 Å². The zero-order valence-corrected chi connectivity index (χ0v) is 11.4. The predicted octanol–water partition coefficient (Wildman–Crippen LogP) is 0.570. The van der Waals surface area contributed by atoms with Crippen LogP contribution in [-0.4, -0.2) is 54.9 Å². The number of nitrogens with zero attached hydrogens (tertiary/aromatic N) is 1. The average molecular weight is 280 g/mol. The molecule has 0 aliphatic carbocycles. The molecule has 0 aliphatic rings. The molecule has 18 heavy (non-hydrogen) atoms. The van der Waals surface area contributed by atoms with Crippen LogP contribution in [0.3, 0.4) is 0 Å². The highest BCUT2D eigenvalue weighted by molar-refractivity contribution is 6.19. The first-order chi connectivity index (χ1) is 8.54. The van der Waals surface area contributed by atoms with E-state index in [9.17, 15) is 14.4 Å². The number of amides is 1. The molecule has 0 rings (SSSR count). The molecular formula is C11H18ClNO5. The first-order valence-corrected chi connectivity index (χ1v) is 6.23. The summed E-state index contributed by atoms with van der Waals surface area (Å²) in [7, 11) is 0. The molecule has 0 unspecified atom stereocenters. The van der Waals surface area contributed by atoms with Crippen LogP contribution in [0.4, 0.5) is 0 Å². The lowest BCUT2D eigenvalue weighted by molar-refractivity contribution is -0.153. The molecule has 1 amide bonds. The molecule has 0 aliphatic heterocycles. The molecule has 0 radical (unpaired) electrons. The van der Waals surface area contributed by atoms with Crippen molar-refractivity contribution in [3.63, 3.8) is 0 Å². The fourth-order valence-electron chi connectivity index (χ4n) is 1.20. The van der Waals surface area contributed by atoms with Gasteiger partial charge in [-0.2, -0.15) is 0 Å². The molecule has 0 N–H and O–H groups in total. The van der Waals surface area contributed by atoms with Crippen molar-refractivity contribution in [2.24, 2.45) is 0 Å². The molecule has 0 fully saturated rings. The van der Waals surface area contributed by atoms with Gasteiger partial charge in [-0.25, -0.2) is 0 Å². The first-order valence-electron chi connectivity index (χ1n) is 5.70. The van der Waals surface area contributed by atoms with E-state index in [-0.39, 0.29) is 44.5 Å². The summed E-state index contributed by atoms with van der Waals surface area (Å²) >= 11 is 5.46. The molecule has 0 saturated heterocycles. The van der Waals surface area contributed by atoms with Gasteiger partial charge in [0.1, 0.15) is 13.1 Å². The van der Waals surface area contributed by atoms with Gasteiger partial charge in [-0.15, -0.1) is 11.6 Å². The second kappa shape index (κ2) is 9.70. The van der Waals surface area contributed by atoms with Gasteiger partial charge in [-0.05, 0) is 13.8 Å². The van der Waals surface area contributed by atoms with Crippen LogP contribution in [0.5, 0.6) is 0 Å². The Kier molecular flexibility index (Phi) is 9.00. The SMILES string of the molecule is CCOC(=O)CN(CC(=O)OCC)C(=O)CCCl. The molecule has 0 aromatic rings. The normalized spacial score (nSPS) is 9.72. The topological polar surface area (TPSA) is 72.9 Å². The summed E-state index contributed by atoms with van der Waals surface area (Å²) in [4.78, 5) is 35.3. The second-order valence-electron chi connectivity index (χ2n) is 3.30. The van der Waals surface area contributed by atoms with Gasteiger partial charge in [0.25, 0.3) is 0 Å². The number of hydrogen-bond acceptors (Lipinski definition) is 5. The smallest absolute Gasteiger partial charge is 0.325 e. The van der Waals surface area contributed by atoms with Crippen LogP contribution in [0.1, 0.15) is 20.3 Å². The van der Waals surface area contributed by atoms with E-state index in [2.05, 4.69) is 0 Å². The van der Waals surface area contributed by atoms with Crippen LogP contribution in [-0.2, 0) is 23.9 Å². The Balaban J connectivity index is 4.46. The van der Waals surface area contributed by atoms with Crippen LogP contribution in [0, 0.1) is 0 Å². The summed E-state index contributed by atoms with van der Waals surface area (Å²) in [5.41, 5.74) is 0. The van der Waals surface area contributed by atoms with Crippen LogP contribution in [0.15, 0.2) is 0 Å². The van der Waals surface area contributed by atoms with E-state index in [1.54, 1.807) is 13.8 Å². The van der Waals surface area contributed by atoms with Gasteiger partial charge in [0.15, 0.2) is 0 Å². The van der Waals surface area contributed by atoms with E-state index in [1.807, 2.05) is 0 Å². The highest BCUT2D eigenvalue weighted by Gasteiger charge is 2.20. The van der Waals surface area contributed by atoms with Crippen molar-refractivity contribution in [3.8, 4) is 0 Å². The van der Waals surface area contributed by atoms with Crippen molar-refractivity contribution in [3.05, 3.63) is 0 Å². The van der Waals surface area contributed by atoms with Gasteiger partial charge >= 0.3 is 11.9 Å². The minimum absolute atomic E-state index is 0.0559. The Hall–Kier alpha value is -1.30. The summed E-state index contributed by atoms with van der Waals surface area (Å²) in [6, 6.07) is 0. The number of alkyl halides is 1. The van der Waals surface area contributed by atoms with E-state index in [4.69, 9.17) is 21.1 Å². The van der Waals surface area contributed by atoms with E-state index >= 15 is 0 Å². The van der Waals surface area contributed by atoms with Crippen LogP contribution >= 0.6 is 11.6 Å². The number of carbonyl (C=O) groups excluding carboxylic acids is 3. The fraction of sp³-hybridized carbons (Fsp3) is 0.727.